The monoisotopic (exact) mass is 227 g/mol. The number of aromatic nitrogens is 2. The molecule has 2 heterocycles. The first kappa shape index (κ1) is 11.0. The number of carbonyl (C=O) groups is 1. The summed E-state index contributed by atoms with van der Waals surface area (Å²) < 4.78 is 9.95. The Morgan fingerprint density at radius 3 is 3.12 bits per heavy atom. The molecule has 1 atom stereocenters. The van der Waals surface area contributed by atoms with Gasteiger partial charge in [-0.2, -0.15) is 4.98 Å². The van der Waals surface area contributed by atoms with Gasteiger partial charge in [-0.25, -0.2) is 4.79 Å². The van der Waals surface area contributed by atoms with Crippen molar-refractivity contribution in [2.45, 2.75) is 19.6 Å². The first-order valence-corrected chi connectivity index (χ1v) is 5.01. The molecular formula is C9H13N3O4. The van der Waals surface area contributed by atoms with Gasteiger partial charge >= 0.3 is 5.97 Å². The zero-order valence-electron chi connectivity index (χ0n) is 8.92. The molecule has 1 aliphatic rings. The molecule has 88 valence electrons. The Morgan fingerprint density at radius 1 is 1.69 bits per heavy atom. The van der Waals surface area contributed by atoms with E-state index < -0.39 is 12.1 Å². The lowest BCUT2D eigenvalue weighted by Crippen LogP contribution is -2.45. The number of carboxylic acids is 1. The van der Waals surface area contributed by atoms with Crippen molar-refractivity contribution in [3.63, 3.8) is 0 Å². The van der Waals surface area contributed by atoms with Crippen LogP contribution in [0.5, 0.6) is 0 Å². The van der Waals surface area contributed by atoms with E-state index in [-0.39, 0.29) is 0 Å². The summed E-state index contributed by atoms with van der Waals surface area (Å²) in [6, 6.07) is 0. The molecule has 1 unspecified atom stereocenters. The lowest BCUT2D eigenvalue weighted by molar-refractivity contribution is -0.156. The van der Waals surface area contributed by atoms with Crippen molar-refractivity contribution in [1.82, 2.24) is 15.0 Å². The fourth-order valence-corrected chi connectivity index (χ4v) is 1.60. The van der Waals surface area contributed by atoms with Gasteiger partial charge in [0, 0.05) is 20.0 Å². The molecule has 1 saturated heterocycles. The van der Waals surface area contributed by atoms with Gasteiger partial charge in [-0.15, -0.1) is 0 Å². The minimum atomic E-state index is -0.936. The van der Waals surface area contributed by atoms with Crippen molar-refractivity contribution in [2.24, 2.45) is 0 Å². The number of morpholine rings is 1. The van der Waals surface area contributed by atoms with Crippen molar-refractivity contribution < 1.29 is 19.2 Å². The lowest BCUT2D eigenvalue weighted by atomic mass is 10.2. The standard InChI is InChI=1S/C9H13N3O4/c1-6-10-8(11-16-6)5-12-2-3-15-7(4-12)9(13)14/h7H,2-5H2,1H3,(H,13,14). The minimum Gasteiger partial charge on any atom is -0.479 e. The Morgan fingerprint density at radius 2 is 2.50 bits per heavy atom. The highest BCUT2D eigenvalue weighted by Gasteiger charge is 2.26. The summed E-state index contributed by atoms with van der Waals surface area (Å²) in [5.74, 6) is 0.149. The van der Waals surface area contributed by atoms with E-state index in [0.717, 1.165) is 0 Å². The zero-order valence-corrected chi connectivity index (χ0v) is 8.92. The van der Waals surface area contributed by atoms with E-state index in [1.807, 2.05) is 4.90 Å². The Hall–Kier alpha value is -1.47. The molecule has 7 nitrogen and oxygen atoms in total. The van der Waals surface area contributed by atoms with E-state index in [0.29, 0.717) is 38.0 Å². The van der Waals surface area contributed by atoms with E-state index in [4.69, 9.17) is 14.4 Å². The van der Waals surface area contributed by atoms with E-state index in [1.54, 1.807) is 6.92 Å². The van der Waals surface area contributed by atoms with Crippen LogP contribution in [0.15, 0.2) is 4.52 Å². The van der Waals surface area contributed by atoms with Crippen LogP contribution in [-0.4, -0.2) is 51.9 Å². The summed E-state index contributed by atoms with van der Waals surface area (Å²) in [5.41, 5.74) is 0. The molecule has 1 aliphatic heterocycles. The van der Waals surface area contributed by atoms with Gasteiger partial charge in [0.15, 0.2) is 11.9 Å². The van der Waals surface area contributed by atoms with Crippen LogP contribution in [-0.2, 0) is 16.1 Å². The highest BCUT2D eigenvalue weighted by molar-refractivity contribution is 5.72. The largest absolute Gasteiger partial charge is 0.479 e. The summed E-state index contributed by atoms with van der Waals surface area (Å²) in [4.78, 5) is 16.8. The third kappa shape index (κ3) is 2.56. The molecular weight excluding hydrogens is 214 g/mol. The summed E-state index contributed by atoms with van der Waals surface area (Å²) in [5, 5.41) is 12.6. The quantitative estimate of drug-likeness (QED) is 0.755. The topological polar surface area (TPSA) is 88.7 Å². The number of nitrogens with zero attached hydrogens (tertiary/aromatic N) is 3. The summed E-state index contributed by atoms with van der Waals surface area (Å²) >= 11 is 0. The molecule has 1 fully saturated rings. The van der Waals surface area contributed by atoms with Gasteiger partial charge in [-0.05, 0) is 0 Å². The Bertz CT molecular complexity index is 379. The number of carboxylic acid groups (broad SMARTS) is 1. The zero-order chi connectivity index (χ0) is 11.5. The molecule has 0 bridgehead atoms. The molecule has 0 saturated carbocycles. The van der Waals surface area contributed by atoms with Gasteiger partial charge in [0.05, 0.1) is 13.2 Å². The highest BCUT2D eigenvalue weighted by Crippen LogP contribution is 2.08. The van der Waals surface area contributed by atoms with Crippen LogP contribution in [0.1, 0.15) is 11.7 Å². The molecule has 16 heavy (non-hydrogen) atoms. The van der Waals surface area contributed by atoms with Gasteiger partial charge in [-0.1, -0.05) is 5.16 Å². The van der Waals surface area contributed by atoms with Crippen LogP contribution in [0.2, 0.25) is 0 Å². The fraction of sp³-hybridized carbons (Fsp3) is 0.667. The number of ether oxygens (including phenoxy) is 1. The van der Waals surface area contributed by atoms with Gasteiger partial charge < -0.3 is 14.4 Å². The first-order chi connectivity index (χ1) is 7.65. The van der Waals surface area contributed by atoms with Crippen LogP contribution in [0.4, 0.5) is 0 Å². The summed E-state index contributed by atoms with van der Waals surface area (Å²) in [6.07, 6.45) is -0.762. The molecule has 0 radical (unpaired) electrons. The van der Waals surface area contributed by atoms with Gasteiger partial charge in [0.1, 0.15) is 0 Å². The smallest absolute Gasteiger partial charge is 0.334 e. The molecule has 0 aromatic carbocycles. The Labute approximate surface area is 92.0 Å². The number of aliphatic carboxylic acids is 1. The highest BCUT2D eigenvalue weighted by atomic mass is 16.5. The van der Waals surface area contributed by atoms with Crippen molar-refractivity contribution in [3.8, 4) is 0 Å². The van der Waals surface area contributed by atoms with Crippen molar-refractivity contribution in [2.75, 3.05) is 19.7 Å². The van der Waals surface area contributed by atoms with Crippen LogP contribution in [0, 0.1) is 6.92 Å². The second-order valence-electron chi connectivity index (χ2n) is 3.66. The van der Waals surface area contributed by atoms with Crippen molar-refractivity contribution in [3.05, 3.63) is 11.7 Å². The van der Waals surface area contributed by atoms with Crippen LogP contribution in [0.25, 0.3) is 0 Å². The maximum absolute atomic E-state index is 10.8. The summed E-state index contributed by atoms with van der Waals surface area (Å²) in [6.45, 7) is 3.65. The number of hydrogen-bond donors (Lipinski definition) is 1. The molecule has 1 aromatic heterocycles. The molecule has 1 N–H and O–H groups in total. The minimum absolute atomic E-state index is 0.350. The normalized spacial score (nSPS) is 22.2. The van der Waals surface area contributed by atoms with Crippen molar-refractivity contribution in [1.29, 1.82) is 0 Å². The maximum Gasteiger partial charge on any atom is 0.334 e. The van der Waals surface area contributed by atoms with E-state index in [9.17, 15) is 4.79 Å². The molecule has 1 aromatic rings. The Balaban J connectivity index is 1.92. The fourth-order valence-electron chi connectivity index (χ4n) is 1.60. The summed E-state index contributed by atoms with van der Waals surface area (Å²) in [7, 11) is 0. The van der Waals surface area contributed by atoms with E-state index in [2.05, 4.69) is 10.1 Å². The second-order valence-corrected chi connectivity index (χ2v) is 3.66. The third-order valence-corrected chi connectivity index (χ3v) is 2.36. The van der Waals surface area contributed by atoms with E-state index in [1.165, 1.54) is 0 Å². The predicted octanol–water partition coefficient (Wildman–Crippen LogP) is -0.337. The number of aryl methyl sites for hydroxylation is 1. The average Bonchev–Trinajstić information content (AvgIpc) is 2.64. The maximum atomic E-state index is 10.8. The molecule has 0 spiro atoms. The van der Waals surface area contributed by atoms with E-state index >= 15 is 0 Å². The Kier molecular flexibility index (Phi) is 3.16. The molecule has 2 rings (SSSR count). The van der Waals surface area contributed by atoms with Crippen LogP contribution in [0.3, 0.4) is 0 Å². The second kappa shape index (κ2) is 4.58. The van der Waals surface area contributed by atoms with Gasteiger partial charge in [0.25, 0.3) is 0 Å². The van der Waals surface area contributed by atoms with Crippen molar-refractivity contribution >= 4 is 5.97 Å². The predicted molar refractivity (Wildman–Crippen MR) is 51.7 cm³/mol. The SMILES string of the molecule is Cc1nc(CN2CCOC(C(=O)O)C2)no1. The van der Waals surface area contributed by atoms with Crippen LogP contribution >= 0.6 is 0 Å². The number of hydrogen-bond acceptors (Lipinski definition) is 6. The molecule has 0 aliphatic carbocycles. The molecule has 0 amide bonds. The lowest BCUT2D eigenvalue weighted by Gasteiger charge is -2.29. The third-order valence-electron chi connectivity index (χ3n) is 2.36. The first-order valence-electron chi connectivity index (χ1n) is 5.01. The van der Waals surface area contributed by atoms with Gasteiger partial charge in [-0.3, -0.25) is 4.90 Å². The number of rotatable bonds is 3. The molecule has 7 heteroatoms. The average molecular weight is 227 g/mol. The van der Waals surface area contributed by atoms with Crippen LogP contribution < -0.4 is 0 Å². The van der Waals surface area contributed by atoms with Gasteiger partial charge in [0.2, 0.25) is 5.89 Å².